The molecule has 0 fully saturated rings. The third-order valence-corrected chi connectivity index (χ3v) is 2.98. The first kappa shape index (κ1) is 14.6. The van der Waals surface area contributed by atoms with E-state index < -0.39 is 5.97 Å². The van der Waals surface area contributed by atoms with Crippen molar-refractivity contribution in [1.82, 2.24) is 0 Å². The highest BCUT2D eigenvalue weighted by Gasteiger charge is 2.13. The van der Waals surface area contributed by atoms with Gasteiger partial charge in [0.1, 0.15) is 6.61 Å². The molecule has 0 saturated heterocycles. The van der Waals surface area contributed by atoms with Crippen molar-refractivity contribution in [2.24, 2.45) is 0 Å². The van der Waals surface area contributed by atoms with E-state index in [2.05, 4.69) is 0 Å². The van der Waals surface area contributed by atoms with E-state index in [-0.39, 0.29) is 12.2 Å². The van der Waals surface area contributed by atoms with E-state index in [9.17, 15) is 9.59 Å². The summed E-state index contributed by atoms with van der Waals surface area (Å²) < 4.78 is 10.8. The molecule has 5 nitrogen and oxygen atoms in total. The van der Waals surface area contributed by atoms with E-state index in [1.54, 1.807) is 36.4 Å². The fourth-order valence-corrected chi connectivity index (χ4v) is 1.95. The minimum atomic E-state index is -1.02. The fourth-order valence-electron chi connectivity index (χ4n) is 1.95. The van der Waals surface area contributed by atoms with Gasteiger partial charge in [0, 0.05) is 5.56 Å². The number of rotatable bonds is 6. The number of carboxylic acid groups (broad SMARTS) is 1. The second-order valence-electron chi connectivity index (χ2n) is 4.25. The molecule has 0 aliphatic carbocycles. The number of carbonyl (C=O) groups excluding carboxylic acids is 1. The van der Waals surface area contributed by atoms with E-state index in [4.69, 9.17) is 14.6 Å². The summed E-state index contributed by atoms with van der Waals surface area (Å²) in [4.78, 5) is 22.2. The van der Waals surface area contributed by atoms with Crippen LogP contribution in [-0.4, -0.2) is 24.5 Å². The molecule has 0 unspecified atom stereocenters. The predicted molar refractivity (Wildman–Crippen MR) is 76.1 cm³/mol. The molecule has 0 saturated carbocycles. The Balaban J connectivity index is 2.29. The van der Waals surface area contributed by atoms with Gasteiger partial charge in [-0.25, -0.2) is 4.79 Å². The van der Waals surface area contributed by atoms with Gasteiger partial charge in [-0.05, 0) is 18.2 Å². The third-order valence-electron chi connectivity index (χ3n) is 2.98. The van der Waals surface area contributed by atoms with E-state index in [1.807, 2.05) is 0 Å². The van der Waals surface area contributed by atoms with E-state index in [0.29, 0.717) is 28.9 Å². The Bertz CT molecular complexity index is 663. The molecular formula is C16H14O5. The first-order valence-corrected chi connectivity index (χ1v) is 6.23. The molecule has 108 valence electrons. The van der Waals surface area contributed by atoms with Crippen LogP contribution in [-0.2, 0) is 6.61 Å². The lowest BCUT2D eigenvalue weighted by Gasteiger charge is -2.13. The molecule has 2 rings (SSSR count). The zero-order valence-electron chi connectivity index (χ0n) is 11.4. The molecule has 0 heterocycles. The third kappa shape index (κ3) is 3.20. The topological polar surface area (TPSA) is 72.8 Å². The zero-order chi connectivity index (χ0) is 15.2. The van der Waals surface area contributed by atoms with Gasteiger partial charge in [-0.2, -0.15) is 0 Å². The van der Waals surface area contributed by atoms with Gasteiger partial charge >= 0.3 is 5.97 Å². The second-order valence-corrected chi connectivity index (χ2v) is 4.25. The summed E-state index contributed by atoms with van der Waals surface area (Å²) in [6.45, 7) is 0.0314. The Labute approximate surface area is 121 Å². The molecular weight excluding hydrogens is 272 g/mol. The molecule has 2 aromatic carbocycles. The van der Waals surface area contributed by atoms with Crippen molar-refractivity contribution in [3.05, 3.63) is 59.2 Å². The smallest absolute Gasteiger partial charge is 0.336 e. The van der Waals surface area contributed by atoms with Crippen molar-refractivity contribution in [1.29, 1.82) is 0 Å². The lowest BCUT2D eigenvalue weighted by atomic mass is 10.1. The maximum Gasteiger partial charge on any atom is 0.336 e. The van der Waals surface area contributed by atoms with Crippen molar-refractivity contribution in [2.45, 2.75) is 6.61 Å². The number of aldehydes is 1. The van der Waals surface area contributed by atoms with E-state index in [0.717, 1.165) is 0 Å². The van der Waals surface area contributed by atoms with Gasteiger partial charge in [0.2, 0.25) is 0 Å². The number of carboxylic acids is 1. The molecule has 1 N–H and O–H groups in total. The van der Waals surface area contributed by atoms with Crippen LogP contribution in [0, 0.1) is 0 Å². The fraction of sp³-hybridized carbons (Fsp3) is 0.125. The standard InChI is InChI=1S/C16H14O5/c1-20-14-8-4-6-11(9-17)15(14)21-10-12-5-2-3-7-13(12)16(18)19/h2-9H,10H2,1H3,(H,18,19). The number of aromatic carboxylic acids is 1. The van der Waals surface area contributed by atoms with Crippen LogP contribution in [0.5, 0.6) is 11.5 Å². The Morgan fingerprint density at radius 1 is 1.19 bits per heavy atom. The Morgan fingerprint density at radius 2 is 1.95 bits per heavy atom. The highest BCUT2D eigenvalue weighted by Crippen LogP contribution is 2.30. The SMILES string of the molecule is COc1cccc(C=O)c1OCc1ccccc1C(=O)O. The van der Waals surface area contributed by atoms with Crippen LogP contribution in [0.4, 0.5) is 0 Å². The van der Waals surface area contributed by atoms with Gasteiger partial charge in [-0.1, -0.05) is 24.3 Å². The minimum absolute atomic E-state index is 0.0314. The average molecular weight is 286 g/mol. The number of hydrogen-bond acceptors (Lipinski definition) is 4. The van der Waals surface area contributed by atoms with Gasteiger partial charge < -0.3 is 14.6 Å². The van der Waals surface area contributed by atoms with Gasteiger partial charge in [0.25, 0.3) is 0 Å². The summed E-state index contributed by atoms with van der Waals surface area (Å²) in [6.07, 6.45) is 0.668. The van der Waals surface area contributed by atoms with Crippen LogP contribution in [0.25, 0.3) is 0 Å². The summed E-state index contributed by atoms with van der Waals surface area (Å²) in [5.41, 5.74) is 1.04. The van der Waals surface area contributed by atoms with E-state index >= 15 is 0 Å². The first-order valence-electron chi connectivity index (χ1n) is 6.23. The maximum atomic E-state index is 11.1. The second kappa shape index (κ2) is 6.56. The van der Waals surface area contributed by atoms with Gasteiger partial charge in [-0.3, -0.25) is 4.79 Å². The zero-order valence-corrected chi connectivity index (χ0v) is 11.4. The number of para-hydroxylation sites is 1. The molecule has 0 aliphatic heterocycles. The Morgan fingerprint density at radius 3 is 2.62 bits per heavy atom. The largest absolute Gasteiger partial charge is 0.493 e. The lowest BCUT2D eigenvalue weighted by Crippen LogP contribution is -2.06. The van der Waals surface area contributed by atoms with Crippen LogP contribution in [0.15, 0.2) is 42.5 Å². The molecule has 0 atom stereocenters. The number of carbonyl (C=O) groups is 2. The number of benzene rings is 2. The molecule has 0 spiro atoms. The number of hydrogen-bond donors (Lipinski definition) is 1. The molecule has 0 bridgehead atoms. The van der Waals surface area contributed by atoms with Gasteiger partial charge in [0.05, 0.1) is 18.2 Å². The van der Waals surface area contributed by atoms with Crippen LogP contribution < -0.4 is 9.47 Å². The van der Waals surface area contributed by atoms with Crippen molar-refractivity contribution in [3.8, 4) is 11.5 Å². The molecule has 0 radical (unpaired) electrons. The summed E-state index contributed by atoms with van der Waals surface area (Å²) in [6, 6.07) is 11.5. The van der Waals surface area contributed by atoms with E-state index in [1.165, 1.54) is 13.2 Å². The summed E-state index contributed by atoms with van der Waals surface area (Å²) in [5.74, 6) is -0.299. The highest BCUT2D eigenvalue weighted by molar-refractivity contribution is 5.89. The Kier molecular flexibility index (Phi) is 4.56. The van der Waals surface area contributed by atoms with Crippen LogP contribution >= 0.6 is 0 Å². The molecule has 0 amide bonds. The molecule has 2 aromatic rings. The molecule has 0 aliphatic rings. The molecule has 0 aromatic heterocycles. The summed E-state index contributed by atoms with van der Waals surface area (Å²) in [5, 5.41) is 9.13. The number of methoxy groups -OCH3 is 1. The normalized spacial score (nSPS) is 9.95. The first-order chi connectivity index (χ1) is 10.2. The summed E-state index contributed by atoms with van der Waals surface area (Å²) >= 11 is 0. The van der Waals surface area contributed by atoms with Crippen LogP contribution in [0.3, 0.4) is 0 Å². The number of ether oxygens (including phenoxy) is 2. The predicted octanol–water partition coefficient (Wildman–Crippen LogP) is 2.78. The van der Waals surface area contributed by atoms with Gasteiger partial charge in [-0.15, -0.1) is 0 Å². The molecule has 5 heteroatoms. The highest BCUT2D eigenvalue weighted by atomic mass is 16.5. The van der Waals surface area contributed by atoms with Crippen LogP contribution in [0.1, 0.15) is 26.3 Å². The Hall–Kier alpha value is -2.82. The van der Waals surface area contributed by atoms with Crippen molar-refractivity contribution in [3.63, 3.8) is 0 Å². The minimum Gasteiger partial charge on any atom is -0.493 e. The van der Waals surface area contributed by atoms with Crippen molar-refractivity contribution in [2.75, 3.05) is 7.11 Å². The van der Waals surface area contributed by atoms with Gasteiger partial charge in [0.15, 0.2) is 17.8 Å². The quantitative estimate of drug-likeness (QED) is 0.827. The maximum absolute atomic E-state index is 11.1. The summed E-state index contributed by atoms with van der Waals surface area (Å²) in [7, 11) is 1.47. The van der Waals surface area contributed by atoms with Crippen molar-refractivity contribution >= 4 is 12.3 Å². The lowest BCUT2D eigenvalue weighted by molar-refractivity contribution is 0.0693. The molecule has 21 heavy (non-hydrogen) atoms. The van der Waals surface area contributed by atoms with Crippen LogP contribution in [0.2, 0.25) is 0 Å². The van der Waals surface area contributed by atoms with Crippen molar-refractivity contribution < 1.29 is 24.2 Å². The monoisotopic (exact) mass is 286 g/mol. The average Bonchev–Trinajstić information content (AvgIpc) is 2.52.